The number of nitrogens with one attached hydrogen (secondary N) is 1. The fourth-order valence-corrected chi connectivity index (χ4v) is 4.27. The first-order valence-electron chi connectivity index (χ1n) is 9.44. The van der Waals surface area contributed by atoms with Crippen molar-refractivity contribution in [2.45, 2.75) is 44.6 Å². The molecule has 1 aromatic heterocycles. The quantitative estimate of drug-likeness (QED) is 0.888. The predicted octanol–water partition coefficient (Wildman–Crippen LogP) is 2.37. The third kappa shape index (κ3) is 3.31. The monoisotopic (exact) mass is 364 g/mol. The molecule has 0 radical (unpaired) electrons. The molecule has 3 heterocycles. The van der Waals surface area contributed by atoms with Gasteiger partial charge in [-0.25, -0.2) is 9.97 Å². The van der Waals surface area contributed by atoms with E-state index in [9.17, 15) is 9.59 Å². The van der Waals surface area contributed by atoms with Crippen molar-refractivity contribution in [3.63, 3.8) is 0 Å². The number of hydrogen-bond donors (Lipinski definition) is 1. The van der Waals surface area contributed by atoms with E-state index in [1.807, 2.05) is 49.1 Å². The molecule has 1 N–H and O–H groups in total. The number of carbonyl (C=O) groups is 2. The summed E-state index contributed by atoms with van der Waals surface area (Å²) in [5.74, 6) is 0.651. The van der Waals surface area contributed by atoms with Crippen LogP contribution in [0, 0.1) is 13.8 Å². The van der Waals surface area contributed by atoms with E-state index >= 15 is 0 Å². The van der Waals surface area contributed by atoms with Crippen LogP contribution in [0.3, 0.4) is 0 Å². The Morgan fingerprint density at radius 1 is 1.19 bits per heavy atom. The standard InChI is InChI=1S/C21H24N4O2/c1-14-18(13-22-15(2)23-14)20(27)25-10-8-21(9-11-25)12-17(19(26)24-21)16-6-4-3-5-7-16/h3-7,13,17H,8-12H2,1-2H3,(H,24,26)/t17-/m1/s1. The van der Waals surface area contributed by atoms with Crippen LogP contribution in [-0.2, 0) is 4.79 Å². The molecular weight excluding hydrogens is 340 g/mol. The molecule has 1 aromatic carbocycles. The molecule has 140 valence electrons. The van der Waals surface area contributed by atoms with E-state index in [1.54, 1.807) is 6.20 Å². The van der Waals surface area contributed by atoms with Crippen molar-refractivity contribution in [3.05, 3.63) is 59.2 Å². The Hall–Kier alpha value is -2.76. The van der Waals surface area contributed by atoms with Crippen LogP contribution in [-0.4, -0.2) is 45.3 Å². The lowest BCUT2D eigenvalue weighted by Gasteiger charge is -2.39. The molecule has 2 amide bonds. The lowest BCUT2D eigenvalue weighted by Crippen LogP contribution is -2.52. The molecular formula is C21H24N4O2. The number of benzene rings is 1. The Morgan fingerprint density at radius 3 is 2.56 bits per heavy atom. The number of aryl methyl sites for hydroxylation is 2. The summed E-state index contributed by atoms with van der Waals surface area (Å²) in [6.07, 6.45) is 3.97. The average Bonchev–Trinajstić information content (AvgIpc) is 2.98. The van der Waals surface area contributed by atoms with Crippen molar-refractivity contribution in [3.8, 4) is 0 Å². The first-order valence-corrected chi connectivity index (χ1v) is 9.44. The summed E-state index contributed by atoms with van der Waals surface area (Å²) >= 11 is 0. The van der Waals surface area contributed by atoms with Crippen molar-refractivity contribution in [2.75, 3.05) is 13.1 Å². The summed E-state index contributed by atoms with van der Waals surface area (Å²) in [6, 6.07) is 9.94. The van der Waals surface area contributed by atoms with Gasteiger partial charge in [0.15, 0.2) is 0 Å². The van der Waals surface area contributed by atoms with E-state index in [-0.39, 0.29) is 23.3 Å². The molecule has 2 aromatic rings. The van der Waals surface area contributed by atoms with E-state index < -0.39 is 0 Å². The number of piperidine rings is 1. The van der Waals surface area contributed by atoms with Crippen molar-refractivity contribution in [1.29, 1.82) is 0 Å². The van der Waals surface area contributed by atoms with Crippen LogP contribution >= 0.6 is 0 Å². The summed E-state index contributed by atoms with van der Waals surface area (Å²) in [5.41, 5.74) is 2.14. The van der Waals surface area contributed by atoms with E-state index in [2.05, 4.69) is 15.3 Å². The summed E-state index contributed by atoms with van der Waals surface area (Å²) in [7, 11) is 0. The second-order valence-corrected chi connectivity index (χ2v) is 7.65. The Morgan fingerprint density at radius 2 is 1.89 bits per heavy atom. The van der Waals surface area contributed by atoms with Gasteiger partial charge in [-0.2, -0.15) is 0 Å². The molecule has 2 saturated heterocycles. The summed E-state index contributed by atoms with van der Waals surface area (Å²) < 4.78 is 0. The normalized spacial score (nSPS) is 21.3. The highest BCUT2D eigenvalue weighted by molar-refractivity contribution is 5.95. The van der Waals surface area contributed by atoms with Gasteiger partial charge < -0.3 is 10.2 Å². The maximum Gasteiger partial charge on any atom is 0.257 e. The number of rotatable bonds is 2. The lowest BCUT2D eigenvalue weighted by molar-refractivity contribution is -0.121. The van der Waals surface area contributed by atoms with Gasteiger partial charge >= 0.3 is 0 Å². The fourth-order valence-electron chi connectivity index (χ4n) is 4.27. The SMILES string of the molecule is Cc1ncc(C(=O)N2CCC3(CC2)C[C@H](c2ccccc2)C(=O)N3)c(C)n1. The van der Waals surface area contributed by atoms with Crippen molar-refractivity contribution in [1.82, 2.24) is 20.2 Å². The van der Waals surface area contributed by atoms with Gasteiger partial charge in [-0.05, 0) is 38.7 Å². The highest BCUT2D eigenvalue weighted by atomic mass is 16.2. The molecule has 2 fully saturated rings. The second kappa shape index (κ2) is 6.76. The van der Waals surface area contributed by atoms with Crippen LogP contribution in [0.1, 0.15) is 52.6 Å². The molecule has 2 aliphatic heterocycles. The zero-order valence-electron chi connectivity index (χ0n) is 15.7. The van der Waals surface area contributed by atoms with Crippen molar-refractivity contribution in [2.24, 2.45) is 0 Å². The summed E-state index contributed by atoms with van der Waals surface area (Å²) in [4.78, 5) is 35.7. The van der Waals surface area contributed by atoms with Crippen LogP contribution in [0.4, 0.5) is 0 Å². The maximum atomic E-state index is 12.8. The maximum absolute atomic E-state index is 12.8. The molecule has 0 saturated carbocycles. The van der Waals surface area contributed by atoms with Gasteiger partial charge in [0.1, 0.15) is 5.82 Å². The molecule has 6 nitrogen and oxygen atoms in total. The first-order chi connectivity index (χ1) is 13.0. The first kappa shape index (κ1) is 17.6. The van der Waals surface area contributed by atoms with Crippen LogP contribution in [0.5, 0.6) is 0 Å². The third-order valence-corrected chi connectivity index (χ3v) is 5.84. The zero-order valence-corrected chi connectivity index (χ0v) is 15.7. The molecule has 0 unspecified atom stereocenters. The molecule has 2 aliphatic rings. The molecule has 1 atom stereocenters. The molecule has 27 heavy (non-hydrogen) atoms. The van der Waals surface area contributed by atoms with E-state index in [1.165, 1.54) is 0 Å². The largest absolute Gasteiger partial charge is 0.350 e. The highest BCUT2D eigenvalue weighted by Crippen LogP contribution is 2.39. The van der Waals surface area contributed by atoms with Gasteiger partial charge in [-0.15, -0.1) is 0 Å². The summed E-state index contributed by atoms with van der Waals surface area (Å²) in [6.45, 7) is 4.93. The number of amides is 2. The predicted molar refractivity (Wildman–Crippen MR) is 101 cm³/mol. The van der Waals surface area contributed by atoms with Crippen molar-refractivity contribution < 1.29 is 9.59 Å². The fraction of sp³-hybridized carbons (Fsp3) is 0.429. The van der Waals surface area contributed by atoms with Gasteiger partial charge in [0.05, 0.1) is 17.2 Å². The minimum absolute atomic E-state index is 0.0220. The average molecular weight is 364 g/mol. The van der Waals surface area contributed by atoms with Crippen LogP contribution in [0.15, 0.2) is 36.5 Å². The zero-order chi connectivity index (χ0) is 19.0. The Balaban J connectivity index is 1.44. The topological polar surface area (TPSA) is 75.2 Å². The van der Waals surface area contributed by atoms with E-state index in [4.69, 9.17) is 0 Å². The highest BCUT2D eigenvalue weighted by Gasteiger charge is 2.46. The minimum atomic E-state index is -0.201. The minimum Gasteiger partial charge on any atom is -0.350 e. The molecule has 0 bridgehead atoms. The third-order valence-electron chi connectivity index (χ3n) is 5.84. The number of carbonyl (C=O) groups excluding carboxylic acids is 2. The van der Waals surface area contributed by atoms with E-state index in [0.29, 0.717) is 30.2 Å². The van der Waals surface area contributed by atoms with Gasteiger partial charge in [-0.3, -0.25) is 9.59 Å². The molecule has 0 aliphatic carbocycles. The Bertz CT molecular complexity index is 873. The van der Waals surface area contributed by atoms with Gasteiger partial charge in [0.25, 0.3) is 5.91 Å². The smallest absolute Gasteiger partial charge is 0.257 e. The molecule has 6 heteroatoms. The number of aromatic nitrogens is 2. The van der Waals surface area contributed by atoms with Gasteiger partial charge in [0, 0.05) is 24.8 Å². The Kier molecular flexibility index (Phi) is 4.42. The van der Waals surface area contributed by atoms with Crippen LogP contribution in [0.2, 0.25) is 0 Å². The number of nitrogens with zero attached hydrogens (tertiary/aromatic N) is 3. The lowest BCUT2D eigenvalue weighted by atomic mass is 9.82. The van der Waals surface area contributed by atoms with Crippen LogP contribution < -0.4 is 5.32 Å². The molecule has 1 spiro atoms. The van der Waals surface area contributed by atoms with Gasteiger partial charge in [-0.1, -0.05) is 30.3 Å². The van der Waals surface area contributed by atoms with Crippen LogP contribution in [0.25, 0.3) is 0 Å². The second-order valence-electron chi connectivity index (χ2n) is 7.65. The van der Waals surface area contributed by atoms with Gasteiger partial charge in [0.2, 0.25) is 5.91 Å². The number of hydrogen-bond acceptors (Lipinski definition) is 4. The molecule has 4 rings (SSSR count). The van der Waals surface area contributed by atoms with Crippen molar-refractivity contribution >= 4 is 11.8 Å². The summed E-state index contributed by atoms with van der Waals surface area (Å²) in [5, 5.41) is 3.23. The Labute approximate surface area is 159 Å². The van der Waals surface area contributed by atoms with E-state index in [0.717, 1.165) is 24.8 Å². The number of likely N-dealkylation sites (tertiary alicyclic amines) is 1.